The lowest BCUT2D eigenvalue weighted by molar-refractivity contribution is 0.156. The van der Waals surface area contributed by atoms with Crippen molar-refractivity contribution in [3.05, 3.63) is 0 Å². The molecule has 1 atom stereocenters. The van der Waals surface area contributed by atoms with Gasteiger partial charge in [-0.15, -0.1) is 0 Å². The van der Waals surface area contributed by atoms with Crippen molar-refractivity contribution in [2.45, 2.75) is 39.2 Å². The van der Waals surface area contributed by atoms with Crippen LogP contribution in [0.4, 0.5) is 0 Å². The summed E-state index contributed by atoms with van der Waals surface area (Å²) in [4.78, 5) is 2.53. The molecule has 1 fully saturated rings. The molecule has 0 saturated carbocycles. The molecule has 1 aliphatic heterocycles. The first-order chi connectivity index (χ1) is 5.60. The summed E-state index contributed by atoms with van der Waals surface area (Å²) in [5, 5.41) is 0. The lowest BCUT2D eigenvalue weighted by atomic mass is 10.0. The average Bonchev–Trinajstić information content (AvgIpc) is 2.52. The first kappa shape index (κ1) is 10.0. The number of nitrogens with two attached hydrogens (primary N) is 1. The Bertz CT molecular complexity index is 143. The summed E-state index contributed by atoms with van der Waals surface area (Å²) in [6.07, 6.45) is 2.68. The van der Waals surface area contributed by atoms with E-state index in [9.17, 15) is 0 Å². The topological polar surface area (TPSA) is 29.3 Å². The molecule has 1 saturated heterocycles. The van der Waals surface area contributed by atoms with E-state index in [-0.39, 0.29) is 5.54 Å². The van der Waals surface area contributed by atoms with Gasteiger partial charge in [0.2, 0.25) is 0 Å². The van der Waals surface area contributed by atoms with Crippen LogP contribution < -0.4 is 5.73 Å². The zero-order valence-corrected chi connectivity index (χ0v) is 8.64. The van der Waals surface area contributed by atoms with Crippen molar-refractivity contribution in [1.29, 1.82) is 0 Å². The quantitative estimate of drug-likeness (QED) is 0.694. The average molecular weight is 170 g/mol. The highest BCUT2D eigenvalue weighted by Gasteiger charge is 2.31. The van der Waals surface area contributed by atoms with E-state index in [0.717, 1.165) is 12.5 Å². The third-order valence-electron chi connectivity index (χ3n) is 3.22. The Morgan fingerprint density at radius 3 is 2.58 bits per heavy atom. The van der Waals surface area contributed by atoms with Gasteiger partial charge in [0.05, 0.1) is 0 Å². The minimum absolute atomic E-state index is 0.212. The molecule has 1 heterocycles. The largest absolute Gasteiger partial charge is 0.329 e. The van der Waals surface area contributed by atoms with Gasteiger partial charge in [0.15, 0.2) is 0 Å². The van der Waals surface area contributed by atoms with Crippen LogP contribution >= 0.6 is 0 Å². The second kappa shape index (κ2) is 3.75. The molecule has 72 valence electrons. The summed E-state index contributed by atoms with van der Waals surface area (Å²) in [6, 6.07) is 0. The summed E-state index contributed by atoms with van der Waals surface area (Å²) >= 11 is 0. The molecular formula is C10H22N2. The van der Waals surface area contributed by atoms with Crippen LogP contribution in [0.3, 0.4) is 0 Å². The summed E-state index contributed by atoms with van der Waals surface area (Å²) in [5.74, 6) is 0.913. The van der Waals surface area contributed by atoms with E-state index >= 15 is 0 Å². The molecule has 12 heavy (non-hydrogen) atoms. The molecule has 0 spiro atoms. The van der Waals surface area contributed by atoms with Gasteiger partial charge < -0.3 is 5.73 Å². The monoisotopic (exact) mass is 170 g/mol. The van der Waals surface area contributed by atoms with Gasteiger partial charge in [-0.05, 0) is 32.7 Å². The molecule has 0 aromatic rings. The highest BCUT2D eigenvalue weighted by molar-refractivity contribution is 4.88. The van der Waals surface area contributed by atoms with Gasteiger partial charge >= 0.3 is 0 Å². The Morgan fingerprint density at radius 2 is 2.17 bits per heavy atom. The zero-order valence-electron chi connectivity index (χ0n) is 8.64. The Hall–Kier alpha value is -0.0800. The van der Waals surface area contributed by atoms with Crippen molar-refractivity contribution < 1.29 is 0 Å². The lowest BCUT2D eigenvalue weighted by Crippen LogP contribution is -2.48. The van der Waals surface area contributed by atoms with Crippen LogP contribution in [0.1, 0.15) is 33.6 Å². The third-order valence-corrected chi connectivity index (χ3v) is 3.22. The maximum atomic E-state index is 5.73. The number of hydrogen-bond donors (Lipinski definition) is 1. The Labute approximate surface area is 76.1 Å². The summed E-state index contributed by atoms with van der Waals surface area (Å²) in [7, 11) is 0. The molecule has 0 radical (unpaired) electrons. The first-order valence-electron chi connectivity index (χ1n) is 5.05. The first-order valence-corrected chi connectivity index (χ1v) is 5.05. The molecule has 1 rings (SSSR count). The minimum atomic E-state index is 0.212. The predicted octanol–water partition coefficient (Wildman–Crippen LogP) is 1.46. The van der Waals surface area contributed by atoms with E-state index < -0.39 is 0 Å². The van der Waals surface area contributed by atoms with Crippen molar-refractivity contribution in [3.63, 3.8) is 0 Å². The van der Waals surface area contributed by atoms with Gasteiger partial charge in [-0.3, -0.25) is 4.90 Å². The standard InChI is InChI=1S/C10H22N2/c1-4-9-5-6-12(7-9)10(2,3)8-11/h9H,4-8,11H2,1-3H3. The second-order valence-electron chi connectivity index (χ2n) is 4.53. The maximum absolute atomic E-state index is 5.73. The molecule has 0 aromatic carbocycles. The summed E-state index contributed by atoms with van der Waals surface area (Å²) in [6.45, 7) is 10.0. The van der Waals surface area contributed by atoms with E-state index in [0.29, 0.717) is 0 Å². The fraction of sp³-hybridized carbons (Fsp3) is 1.00. The van der Waals surface area contributed by atoms with Gasteiger partial charge in [-0.25, -0.2) is 0 Å². The van der Waals surface area contributed by atoms with Crippen LogP contribution in [0, 0.1) is 5.92 Å². The van der Waals surface area contributed by atoms with E-state index in [1.165, 1.54) is 25.9 Å². The second-order valence-corrected chi connectivity index (χ2v) is 4.53. The molecule has 0 bridgehead atoms. The normalized spacial score (nSPS) is 26.5. The smallest absolute Gasteiger partial charge is 0.0275 e. The molecular weight excluding hydrogens is 148 g/mol. The number of nitrogens with zero attached hydrogens (tertiary/aromatic N) is 1. The third kappa shape index (κ3) is 1.99. The van der Waals surface area contributed by atoms with Gasteiger partial charge in [0.25, 0.3) is 0 Å². The minimum Gasteiger partial charge on any atom is -0.329 e. The van der Waals surface area contributed by atoms with Crippen LogP contribution in [-0.4, -0.2) is 30.1 Å². The number of likely N-dealkylation sites (tertiary alicyclic amines) is 1. The van der Waals surface area contributed by atoms with Crippen molar-refractivity contribution in [2.75, 3.05) is 19.6 Å². The molecule has 0 aromatic heterocycles. The van der Waals surface area contributed by atoms with Crippen molar-refractivity contribution in [1.82, 2.24) is 4.90 Å². The van der Waals surface area contributed by atoms with E-state index in [2.05, 4.69) is 25.7 Å². The summed E-state index contributed by atoms with van der Waals surface area (Å²) < 4.78 is 0. The highest BCUT2D eigenvalue weighted by atomic mass is 15.2. The molecule has 1 unspecified atom stereocenters. The van der Waals surface area contributed by atoms with E-state index in [4.69, 9.17) is 5.73 Å². The molecule has 1 aliphatic rings. The van der Waals surface area contributed by atoms with Gasteiger partial charge in [-0.2, -0.15) is 0 Å². The van der Waals surface area contributed by atoms with Gasteiger partial charge in [-0.1, -0.05) is 13.3 Å². The van der Waals surface area contributed by atoms with Crippen LogP contribution in [0.5, 0.6) is 0 Å². The maximum Gasteiger partial charge on any atom is 0.0275 e. The SMILES string of the molecule is CCC1CCN(C(C)(C)CN)C1. The highest BCUT2D eigenvalue weighted by Crippen LogP contribution is 2.25. The van der Waals surface area contributed by atoms with E-state index in [1.807, 2.05) is 0 Å². The molecule has 0 amide bonds. The number of rotatable bonds is 3. The van der Waals surface area contributed by atoms with Gasteiger partial charge in [0, 0.05) is 18.6 Å². The van der Waals surface area contributed by atoms with Crippen LogP contribution in [-0.2, 0) is 0 Å². The van der Waals surface area contributed by atoms with Crippen LogP contribution in [0.2, 0.25) is 0 Å². The fourth-order valence-electron chi connectivity index (χ4n) is 1.84. The van der Waals surface area contributed by atoms with Crippen LogP contribution in [0.15, 0.2) is 0 Å². The molecule has 0 aliphatic carbocycles. The Kier molecular flexibility index (Phi) is 3.13. The van der Waals surface area contributed by atoms with Crippen LogP contribution in [0.25, 0.3) is 0 Å². The lowest BCUT2D eigenvalue weighted by Gasteiger charge is -2.34. The van der Waals surface area contributed by atoms with E-state index in [1.54, 1.807) is 0 Å². The molecule has 2 heteroatoms. The van der Waals surface area contributed by atoms with Crippen molar-refractivity contribution in [3.8, 4) is 0 Å². The van der Waals surface area contributed by atoms with Crippen molar-refractivity contribution in [2.24, 2.45) is 11.7 Å². The van der Waals surface area contributed by atoms with Crippen molar-refractivity contribution >= 4 is 0 Å². The zero-order chi connectivity index (χ0) is 9.19. The molecule has 2 N–H and O–H groups in total. The Morgan fingerprint density at radius 1 is 1.50 bits per heavy atom. The predicted molar refractivity (Wildman–Crippen MR) is 53.1 cm³/mol. The Balaban J connectivity index is 2.46. The molecule has 2 nitrogen and oxygen atoms in total. The fourth-order valence-corrected chi connectivity index (χ4v) is 1.84. The van der Waals surface area contributed by atoms with Gasteiger partial charge in [0.1, 0.15) is 0 Å². The number of hydrogen-bond acceptors (Lipinski definition) is 2. The summed E-state index contributed by atoms with van der Waals surface area (Å²) in [5.41, 5.74) is 5.94.